The number of Topliss-reactive ketones (excluding diaryl/α,β-unsaturated/α-hetero) is 2. The van der Waals surface area contributed by atoms with Gasteiger partial charge in [0, 0.05) is 10.8 Å². The number of rotatable bonds is 20. The van der Waals surface area contributed by atoms with Gasteiger partial charge in [-0.3, -0.25) is 19.2 Å². The van der Waals surface area contributed by atoms with Gasteiger partial charge in [0.2, 0.25) is 0 Å². The fourth-order valence-electron chi connectivity index (χ4n) is 3.70. The van der Waals surface area contributed by atoms with E-state index in [0.717, 1.165) is 38.5 Å². The van der Waals surface area contributed by atoms with Gasteiger partial charge in [0.05, 0.1) is 24.0 Å². The lowest BCUT2D eigenvalue weighted by molar-refractivity contribution is -0.157. The van der Waals surface area contributed by atoms with E-state index in [1.807, 2.05) is 55.4 Å². The highest BCUT2D eigenvalue weighted by atomic mass is 16.6. The normalized spacial score (nSPS) is 12.8. The van der Waals surface area contributed by atoms with Gasteiger partial charge in [0.1, 0.15) is 24.8 Å². The summed E-state index contributed by atoms with van der Waals surface area (Å²) in [7, 11) is 0. The third-order valence-electron chi connectivity index (χ3n) is 7.64. The highest BCUT2D eigenvalue weighted by Crippen LogP contribution is 2.30. The van der Waals surface area contributed by atoms with E-state index in [1.165, 1.54) is 0 Å². The largest absolute Gasteiger partial charge is 0.463 e. The molecule has 0 bridgehead atoms. The molecular weight excluding hydrogens is 472 g/mol. The van der Waals surface area contributed by atoms with Crippen LogP contribution in [-0.4, -0.2) is 49.9 Å². The van der Waals surface area contributed by atoms with Crippen molar-refractivity contribution in [2.24, 2.45) is 21.7 Å². The lowest BCUT2D eigenvalue weighted by Gasteiger charge is -2.25. The van der Waals surface area contributed by atoms with Gasteiger partial charge in [-0.25, -0.2) is 0 Å². The van der Waals surface area contributed by atoms with Gasteiger partial charge in [0.25, 0.3) is 0 Å². The lowest BCUT2D eigenvalue weighted by Crippen LogP contribution is -2.29. The van der Waals surface area contributed by atoms with Gasteiger partial charge < -0.3 is 14.2 Å². The third-order valence-corrected chi connectivity index (χ3v) is 7.64. The van der Waals surface area contributed by atoms with E-state index in [4.69, 9.17) is 14.2 Å². The summed E-state index contributed by atoms with van der Waals surface area (Å²) in [6.45, 7) is 19.3. The van der Waals surface area contributed by atoms with Gasteiger partial charge >= 0.3 is 11.9 Å². The predicted octanol–water partition coefficient (Wildman–Crippen LogP) is 6.49. The van der Waals surface area contributed by atoms with Crippen molar-refractivity contribution >= 4 is 23.5 Å². The molecule has 7 heteroatoms. The Balaban J connectivity index is 4.06. The van der Waals surface area contributed by atoms with E-state index in [0.29, 0.717) is 12.8 Å². The van der Waals surface area contributed by atoms with Gasteiger partial charge in [-0.05, 0) is 67.2 Å². The van der Waals surface area contributed by atoms with Crippen LogP contribution in [0.15, 0.2) is 0 Å². The molecule has 37 heavy (non-hydrogen) atoms. The summed E-state index contributed by atoms with van der Waals surface area (Å²) in [5.41, 5.74) is -1.83. The highest BCUT2D eigenvalue weighted by Gasteiger charge is 2.31. The molecule has 0 heterocycles. The molecule has 0 aliphatic heterocycles. The summed E-state index contributed by atoms with van der Waals surface area (Å²) < 4.78 is 16.2. The Morgan fingerprint density at radius 3 is 1.00 bits per heavy atom. The molecule has 0 aliphatic rings. The molecule has 0 radical (unpaired) electrons. The molecule has 0 spiro atoms. The van der Waals surface area contributed by atoms with E-state index < -0.39 is 10.8 Å². The summed E-state index contributed by atoms with van der Waals surface area (Å²) in [5.74, 6) is -0.152. The van der Waals surface area contributed by atoms with Crippen molar-refractivity contribution in [3.8, 4) is 0 Å². The Kier molecular flexibility index (Phi) is 14.9. The number of hydrogen-bond acceptors (Lipinski definition) is 7. The minimum absolute atomic E-state index is 0.148. The van der Waals surface area contributed by atoms with Gasteiger partial charge in [-0.1, -0.05) is 53.4 Å². The minimum atomic E-state index is -0.594. The Labute approximate surface area is 225 Å². The van der Waals surface area contributed by atoms with Crippen LogP contribution in [0.4, 0.5) is 0 Å². The first kappa shape index (κ1) is 35.2. The van der Waals surface area contributed by atoms with Crippen LogP contribution in [0, 0.1) is 21.7 Å². The zero-order chi connectivity index (χ0) is 28.9. The molecule has 0 aromatic rings. The second-order valence-corrected chi connectivity index (χ2v) is 12.9. The number of carbonyl (C=O) groups excluding carboxylic acids is 4. The van der Waals surface area contributed by atoms with Crippen molar-refractivity contribution in [3.05, 3.63) is 0 Å². The SMILES string of the molecule is CC(=O)C(C)(C)CCCCC(C)(C)C(=O)OCCOCCOC(=O)C(C)(C)CCCCC(C)(C)C(C)=O. The first-order valence-electron chi connectivity index (χ1n) is 13.8. The van der Waals surface area contributed by atoms with Gasteiger partial charge in [-0.15, -0.1) is 0 Å². The van der Waals surface area contributed by atoms with Crippen LogP contribution < -0.4 is 0 Å². The first-order valence-corrected chi connectivity index (χ1v) is 13.8. The molecule has 0 fully saturated rings. The van der Waals surface area contributed by atoms with E-state index in [-0.39, 0.29) is 60.8 Å². The average Bonchev–Trinajstić information content (AvgIpc) is 2.78. The molecule has 0 aromatic carbocycles. The van der Waals surface area contributed by atoms with Crippen molar-refractivity contribution in [2.45, 2.75) is 121 Å². The van der Waals surface area contributed by atoms with Crippen LogP contribution in [0.25, 0.3) is 0 Å². The van der Waals surface area contributed by atoms with Crippen molar-refractivity contribution in [2.75, 3.05) is 26.4 Å². The van der Waals surface area contributed by atoms with E-state index in [9.17, 15) is 19.2 Å². The van der Waals surface area contributed by atoms with E-state index in [2.05, 4.69) is 0 Å². The van der Waals surface area contributed by atoms with Crippen molar-refractivity contribution in [1.29, 1.82) is 0 Å². The molecule has 0 N–H and O–H groups in total. The predicted molar refractivity (Wildman–Crippen MR) is 146 cm³/mol. The van der Waals surface area contributed by atoms with Crippen LogP contribution in [0.5, 0.6) is 0 Å². The molecule has 0 aromatic heterocycles. The molecular formula is C30H54O7. The zero-order valence-corrected chi connectivity index (χ0v) is 25.3. The summed E-state index contributed by atoms with van der Waals surface area (Å²) in [5, 5.41) is 0. The number of unbranched alkanes of at least 4 members (excludes halogenated alkanes) is 2. The number of hydrogen-bond donors (Lipinski definition) is 0. The lowest BCUT2D eigenvalue weighted by atomic mass is 9.81. The monoisotopic (exact) mass is 526 g/mol. The Bertz CT molecular complexity index is 685. The topological polar surface area (TPSA) is 96.0 Å². The average molecular weight is 527 g/mol. The number of ether oxygens (including phenoxy) is 3. The molecule has 0 rings (SSSR count). The molecule has 0 atom stereocenters. The van der Waals surface area contributed by atoms with E-state index in [1.54, 1.807) is 13.8 Å². The maximum Gasteiger partial charge on any atom is 0.311 e. The summed E-state index contributed by atoms with van der Waals surface area (Å²) in [4.78, 5) is 48.1. The highest BCUT2D eigenvalue weighted by molar-refractivity contribution is 5.81. The molecule has 0 unspecified atom stereocenters. The van der Waals surface area contributed by atoms with Crippen molar-refractivity contribution in [1.82, 2.24) is 0 Å². The molecule has 0 amide bonds. The molecule has 0 saturated heterocycles. The standard InChI is InChI=1S/C30H54O7/c1-23(31)27(3,4)15-11-13-17-29(7,8)25(33)36-21-19-35-20-22-37-26(34)30(9,10)18-14-12-16-28(5,6)24(2)32/h11-22H2,1-10H3. The molecule has 216 valence electrons. The van der Waals surface area contributed by atoms with Crippen LogP contribution in [0.2, 0.25) is 0 Å². The van der Waals surface area contributed by atoms with Gasteiger partial charge in [-0.2, -0.15) is 0 Å². The van der Waals surface area contributed by atoms with Crippen LogP contribution in [0.3, 0.4) is 0 Å². The molecule has 0 saturated carbocycles. The van der Waals surface area contributed by atoms with Crippen molar-refractivity contribution in [3.63, 3.8) is 0 Å². The third kappa shape index (κ3) is 14.1. The Hall–Kier alpha value is -1.76. The number of esters is 2. The maximum atomic E-state index is 12.4. The van der Waals surface area contributed by atoms with Crippen molar-refractivity contribution < 1.29 is 33.4 Å². The Morgan fingerprint density at radius 2 is 0.730 bits per heavy atom. The summed E-state index contributed by atoms with van der Waals surface area (Å²) in [6.07, 6.45) is 6.49. The van der Waals surface area contributed by atoms with Crippen LogP contribution in [0.1, 0.15) is 121 Å². The quantitative estimate of drug-likeness (QED) is 0.132. The maximum absolute atomic E-state index is 12.4. The van der Waals surface area contributed by atoms with Crippen LogP contribution >= 0.6 is 0 Å². The summed E-state index contributed by atoms with van der Waals surface area (Å²) in [6, 6.07) is 0. The molecule has 0 aliphatic carbocycles. The minimum Gasteiger partial charge on any atom is -0.463 e. The second kappa shape index (κ2) is 15.6. The van der Waals surface area contributed by atoms with Gasteiger partial charge in [0.15, 0.2) is 0 Å². The fraction of sp³-hybridized carbons (Fsp3) is 0.867. The van der Waals surface area contributed by atoms with Crippen LogP contribution in [-0.2, 0) is 33.4 Å². The number of ketones is 2. The fourth-order valence-corrected chi connectivity index (χ4v) is 3.70. The Morgan fingerprint density at radius 1 is 0.459 bits per heavy atom. The molecule has 7 nitrogen and oxygen atoms in total. The van der Waals surface area contributed by atoms with E-state index >= 15 is 0 Å². The smallest absolute Gasteiger partial charge is 0.311 e. The second-order valence-electron chi connectivity index (χ2n) is 12.9. The zero-order valence-electron chi connectivity index (χ0n) is 25.3. The first-order chi connectivity index (χ1) is 16.8. The summed E-state index contributed by atoms with van der Waals surface area (Å²) >= 11 is 0. The number of carbonyl (C=O) groups is 4.